The van der Waals surface area contributed by atoms with Crippen LogP contribution in [0, 0.1) is 6.92 Å². The molecule has 0 saturated carbocycles. The van der Waals surface area contributed by atoms with Crippen LogP contribution in [-0.2, 0) is 7.05 Å². The maximum absolute atomic E-state index is 2.49. The zero-order valence-electron chi connectivity index (χ0n) is 19.7. The second kappa shape index (κ2) is 6.58. The number of benzene rings is 5. The summed E-state index contributed by atoms with van der Waals surface area (Å²) < 4.78 is 4.72. The van der Waals surface area contributed by atoms with Gasteiger partial charge in [0.25, 0.3) is 0 Å². The van der Waals surface area contributed by atoms with Gasteiger partial charge in [-0.15, -0.1) is 0 Å². The lowest BCUT2D eigenvalue weighted by molar-refractivity contribution is -0.660. The molecule has 0 N–H and O–H groups in total. The fourth-order valence-electron chi connectivity index (χ4n) is 6.39. The molecule has 8 aromatic rings. The van der Waals surface area contributed by atoms with Gasteiger partial charge >= 0.3 is 0 Å². The first-order valence-electron chi connectivity index (χ1n) is 12.2. The molecule has 5 aromatic carbocycles. The highest BCUT2D eigenvalue weighted by Crippen LogP contribution is 2.46. The van der Waals surface area contributed by atoms with Gasteiger partial charge in [0.05, 0.1) is 22.1 Å². The second-order valence-corrected chi connectivity index (χ2v) is 9.71. The van der Waals surface area contributed by atoms with Gasteiger partial charge < -0.3 is 4.40 Å². The van der Waals surface area contributed by atoms with Crippen molar-refractivity contribution in [2.24, 2.45) is 7.05 Å². The van der Waals surface area contributed by atoms with Gasteiger partial charge in [0.2, 0.25) is 5.69 Å². The van der Waals surface area contributed by atoms with Crippen LogP contribution in [0.15, 0.2) is 103 Å². The van der Waals surface area contributed by atoms with Crippen molar-refractivity contribution < 1.29 is 4.57 Å². The van der Waals surface area contributed by atoms with E-state index in [1.807, 2.05) is 0 Å². The van der Waals surface area contributed by atoms with E-state index in [9.17, 15) is 0 Å². The molecule has 0 fully saturated rings. The van der Waals surface area contributed by atoms with Gasteiger partial charge in [0.1, 0.15) is 7.05 Å². The molecule has 3 aromatic heterocycles. The molecule has 3 heterocycles. The average Bonchev–Trinajstić information content (AvgIpc) is 3.41. The van der Waals surface area contributed by atoms with E-state index in [0.29, 0.717) is 0 Å². The maximum atomic E-state index is 2.49. The molecule has 0 bridgehead atoms. The Bertz CT molecular complexity index is 2130. The summed E-state index contributed by atoms with van der Waals surface area (Å²) in [5.41, 5.74) is 7.76. The highest BCUT2D eigenvalue weighted by Gasteiger charge is 2.24. The molecule has 0 radical (unpaired) electrons. The number of hydrogen-bond donors (Lipinski definition) is 0. The van der Waals surface area contributed by atoms with Crippen molar-refractivity contribution >= 4 is 59.6 Å². The van der Waals surface area contributed by atoms with Gasteiger partial charge in [0.15, 0.2) is 6.20 Å². The minimum Gasteiger partial charge on any atom is -0.308 e. The van der Waals surface area contributed by atoms with Crippen LogP contribution >= 0.6 is 0 Å². The summed E-state index contributed by atoms with van der Waals surface area (Å²) in [4.78, 5) is 0. The molecule has 0 spiro atoms. The van der Waals surface area contributed by atoms with Crippen molar-refractivity contribution in [2.45, 2.75) is 6.92 Å². The van der Waals surface area contributed by atoms with Gasteiger partial charge in [-0.1, -0.05) is 60.7 Å². The number of nitrogens with zero attached hydrogens (tertiary/aromatic N) is 2. The maximum Gasteiger partial charge on any atom is 0.212 e. The van der Waals surface area contributed by atoms with E-state index >= 15 is 0 Å². The number of aromatic nitrogens is 2. The molecule has 2 heteroatoms. The second-order valence-electron chi connectivity index (χ2n) is 9.71. The molecule has 2 nitrogen and oxygen atoms in total. The van der Waals surface area contributed by atoms with Crippen LogP contribution in [0.25, 0.3) is 70.9 Å². The number of pyridine rings is 1. The molecule has 35 heavy (non-hydrogen) atoms. The van der Waals surface area contributed by atoms with E-state index in [1.54, 1.807) is 0 Å². The Labute approximate surface area is 202 Å². The summed E-state index contributed by atoms with van der Waals surface area (Å²) in [6.45, 7) is 2.28. The third-order valence-electron chi connectivity index (χ3n) is 7.94. The van der Waals surface area contributed by atoms with Crippen molar-refractivity contribution in [3.8, 4) is 11.3 Å². The highest BCUT2D eigenvalue weighted by atomic mass is 14.9. The van der Waals surface area contributed by atoms with Gasteiger partial charge in [0, 0.05) is 33.7 Å². The van der Waals surface area contributed by atoms with E-state index in [2.05, 4.69) is 126 Å². The van der Waals surface area contributed by atoms with E-state index in [-0.39, 0.29) is 0 Å². The Morgan fingerprint density at radius 2 is 1.37 bits per heavy atom. The number of fused-ring (bicyclic) bond motifs is 10. The Morgan fingerprint density at radius 3 is 2.26 bits per heavy atom. The fraction of sp³-hybridized carbons (Fsp3) is 0.0606. The topological polar surface area (TPSA) is 8.29 Å². The molecule has 0 aliphatic carbocycles. The monoisotopic (exact) mass is 447 g/mol. The Morgan fingerprint density at radius 1 is 0.600 bits per heavy atom. The minimum atomic E-state index is 1.24. The van der Waals surface area contributed by atoms with Crippen LogP contribution in [0.5, 0.6) is 0 Å². The normalized spacial score (nSPS) is 12.3. The molecule has 164 valence electrons. The lowest BCUT2D eigenvalue weighted by atomic mass is 9.94. The molecular formula is C33H23N2+. The zero-order chi connectivity index (χ0) is 23.3. The van der Waals surface area contributed by atoms with E-state index in [0.717, 1.165) is 0 Å². The van der Waals surface area contributed by atoms with Crippen molar-refractivity contribution in [1.82, 2.24) is 4.40 Å². The van der Waals surface area contributed by atoms with Crippen molar-refractivity contribution in [2.75, 3.05) is 0 Å². The summed E-state index contributed by atoms with van der Waals surface area (Å²) in [7, 11) is 2.14. The van der Waals surface area contributed by atoms with Crippen LogP contribution in [0.4, 0.5) is 0 Å². The standard InChI is InChI=1S/C33H23N2/c1-20-26(28-12-7-8-18-34(28)2)19-27-32-24-15-14-21-9-3-4-10-22(21)23(24)16-17-30(32)35-29-13-6-5-11-25(29)31(20)33(27)35/h3-19H,1-2H3/q+1. The average molecular weight is 448 g/mol. The first kappa shape index (κ1) is 18.9. The summed E-state index contributed by atoms with van der Waals surface area (Å²) >= 11 is 0. The van der Waals surface area contributed by atoms with Gasteiger partial charge in [-0.25, -0.2) is 4.57 Å². The highest BCUT2D eigenvalue weighted by molar-refractivity contribution is 6.31. The first-order chi connectivity index (χ1) is 17.2. The molecule has 0 amide bonds. The molecule has 8 rings (SSSR count). The van der Waals surface area contributed by atoms with Crippen LogP contribution in [0.3, 0.4) is 0 Å². The molecule has 0 aliphatic rings. The van der Waals surface area contributed by atoms with Gasteiger partial charge in [-0.05, 0) is 58.3 Å². The smallest absolute Gasteiger partial charge is 0.212 e. The van der Waals surface area contributed by atoms with Crippen molar-refractivity contribution in [1.29, 1.82) is 0 Å². The Kier molecular flexibility index (Phi) is 3.56. The van der Waals surface area contributed by atoms with Gasteiger partial charge in [-0.2, -0.15) is 0 Å². The predicted octanol–water partition coefficient (Wildman–Crippen LogP) is 7.94. The van der Waals surface area contributed by atoms with Crippen molar-refractivity contribution in [3.63, 3.8) is 0 Å². The van der Waals surface area contributed by atoms with Gasteiger partial charge in [-0.3, -0.25) is 0 Å². The summed E-state index contributed by atoms with van der Waals surface area (Å²) in [5.74, 6) is 0. The van der Waals surface area contributed by atoms with E-state index in [1.165, 1.54) is 76.5 Å². The first-order valence-corrected chi connectivity index (χ1v) is 12.2. The zero-order valence-corrected chi connectivity index (χ0v) is 19.7. The SMILES string of the molecule is Cc1c(-c2cccc[n+]2C)cc2c3c4ccc5ccccc5c4ccc3n3c4ccccc4c1c23. The van der Waals surface area contributed by atoms with Crippen LogP contribution in [0.1, 0.15) is 5.56 Å². The van der Waals surface area contributed by atoms with E-state index in [4.69, 9.17) is 0 Å². The molecule has 0 unspecified atom stereocenters. The number of rotatable bonds is 1. The van der Waals surface area contributed by atoms with Crippen LogP contribution < -0.4 is 4.57 Å². The predicted molar refractivity (Wildman–Crippen MR) is 147 cm³/mol. The third kappa shape index (κ3) is 2.31. The number of para-hydroxylation sites is 1. The molecule has 0 saturated heterocycles. The minimum absolute atomic E-state index is 1.24. The van der Waals surface area contributed by atoms with Crippen molar-refractivity contribution in [3.05, 3.63) is 109 Å². The summed E-state index contributed by atoms with van der Waals surface area (Å²) in [6.07, 6.45) is 2.14. The lowest BCUT2D eigenvalue weighted by Gasteiger charge is -2.09. The summed E-state index contributed by atoms with van der Waals surface area (Å²) in [5, 5.41) is 10.6. The molecular weight excluding hydrogens is 424 g/mol. The lowest BCUT2D eigenvalue weighted by Crippen LogP contribution is -2.30. The fourth-order valence-corrected chi connectivity index (χ4v) is 6.39. The number of hydrogen-bond acceptors (Lipinski definition) is 0. The third-order valence-corrected chi connectivity index (χ3v) is 7.94. The largest absolute Gasteiger partial charge is 0.308 e. The molecule has 0 atom stereocenters. The Hall–Kier alpha value is -4.43. The van der Waals surface area contributed by atoms with Crippen LogP contribution in [0.2, 0.25) is 0 Å². The quantitative estimate of drug-likeness (QED) is 0.178. The molecule has 0 aliphatic heterocycles. The summed E-state index contributed by atoms with van der Waals surface area (Å²) in [6, 6.07) is 35.7. The number of aryl methyl sites for hydroxylation is 2. The van der Waals surface area contributed by atoms with Crippen LogP contribution in [-0.4, -0.2) is 4.40 Å². The Balaban J connectivity index is 1.68. The van der Waals surface area contributed by atoms with E-state index < -0.39 is 0 Å².